The van der Waals surface area contributed by atoms with Crippen molar-refractivity contribution >= 4 is 30.6 Å². The first-order chi connectivity index (χ1) is 8.36. The minimum atomic E-state index is 0. The number of pyridine rings is 1. The third-order valence-electron chi connectivity index (χ3n) is 3.80. The molecule has 1 aliphatic carbocycles. The first-order valence-corrected chi connectivity index (χ1v) is 6.51. The van der Waals surface area contributed by atoms with E-state index in [2.05, 4.69) is 21.3 Å². The molecule has 3 rings (SSSR count). The summed E-state index contributed by atoms with van der Waals surface area (Å²) in [7, 11) is 0. The van der Waals surface area contributed by atoms with E-state index in [0.29, 0.717) is 11.9 Å². The third kappa shape index (κ3) is 3.72. The van der Waals surface area contributed by atoms with E-state index in [-0.39, 0.29) is 24.8 Å². The Bertz CT molecular complexity index is 392. The number of anilines is 1. The zero-order valence-electron chi connectivity index (χ0n) is 10.9. The van der Waals surface area contributed by atoms with Gasteiger partial charge in [-0.15, -0.1) is 24.8 Å². The molecule has 0 spiro atoms. The lowest BCUT2D eigenvalue weighted by Gasteiger charge is -2.35. The highest BCUT2D eigenvalue weighted by atomic mass is 35.5. The fraction of sp³-hybridized carbons (Fsp3) is 0.615. The van der Waals surface area contributed by atoms with Gasteiger partial charge in [0.05, 0.1) is 0 Å². The van der Waals surface area contributed by atoms with Gasteiger partial charge in [0, 0.05) is 44.0 Å². The molecule has 1 saturated carbocycles. The quantitative estimate of drug-likeness (QED) is 0.895. The SMILES string of the molecule is Cl.Cl.Nc1ncccc1[C@@H](C1CC1)N1CCNCC1. The molecule has 108 valence electrons. The Morgan fingerprint density at radius 3 is 2.53 bits per heavy atom. The molecule has 19 heavy (non-hydrogen) atoms. The van der Waals surface area contributed by atoms with Crippen LogP contribution in [-0.4, -0.2) is 36.1 Å². The molecule has 1 saturated heterocycles. The van der Waals surface area contributed by atoms with Crippen molar-refractivity contribution in [3.05, 3.63) is 23.9 Å². The maximum atomic E-state index is 6.04. The van der Waals surface area contributed by atoms with Crippen molar-refractivity contribution in [2.45, 2.75) is 18.9 Å². The van der Waals surface area contributed by atoms with E-state index in [0.717, 1.165) is 32.1 Å². The molecule has 2 fully saturated rings. The van der Waals surface area contributed by atoms with Gasteiger partial charge in [-0.25, -0.2) is 4.98 Å². The molecule has 2 aliphatic rings. The monoisotopic (exact) mass is 304 g/mol. The fourth-order valence-corrected chi connectivity index (χ4v) is 2.80. The van der Waals surface area contributed by atoms with Crippen molar-refractivity contribution in [3.63, 3.8) is 0 Å². The van der Waals surface area contributed by atoms with Gasteiger partial charge in [-0.3, -0.25) is 4.90 Å². The van der Waals surface area contributed by atoms with Crippen LogP contribution >= 0.6 is 24.8 Å². The van der Waals surface area contributed by atoms with Crippen LogP contribution in [-0.2, 0) is 0 Å². The van der Waals surface area contributed by atoms with E-state index < -0.39 is 0 Å². The smallest absolute Gasteiger partial charge is 0.128 e. The van der Waals surface area contributed by atoms with Gasteiger partial charge in [-0.05, 0) is 24.8 Å². The normalized spacial score (nSPS) is 21.1. The van der Waals surface area contributed by atoms with Gasteiger partial charge < -0.3 is 11.1 Å². The van der Waals surface area contributed by atoms with E-state index in [1.165, 1.54) is 18.4 Å². The Labute approximate surface area is 127 Å². The molecular formula is C13H22Cl2N4. The maximum Gasteiger partial charge on any atom is 0.128 e. The van der Waals surface area contributed by atoms with Crippen molar-refractivity contribution < 1.29 is 0 Å². The van der Waals surface area contributed by atoms with E-state index in [1.54, 1.807) is 6.20 Å². The Morgan fingerprint density at radius 2 is 1.95 bits per heavy atom. The van der Waals surface area contributed by atoms with E-state index in [1.807, 2.05) is 6.07 Å². The second kappa shape index (κ2) is 7.29. The molecule has 0 unspecified atom stereocenters. The summed E-state index contributed by atoms with van der Waals surface area (Å²) >= 11 is 0. The lowest BCUT2D eigenvalue weighted by atomic mass is 10.0. The van der Waals surface area contributed by atoms with Gasteiger partial charge in [0.15, 0.2) is 0 Å². The van der Waals surface area contributed by atoms with Crippen LogP contribution in [0.3, 0.4) is 0 Å². The average molecular weight is 305 g/mol. The minimum absolute atomic E-state index is 0. The number of aromatic nitrogens is 1. The van der Waals surface area contributed by atoms with Crippen LogP contribution in [0.4, 0.5) is 5.82 Å². The van der Waals surface area contributed by atoms with Crippen LogP contribution in [0, 0.1) is 5.92 Å². The molecule has 3 N–H and O–H groups in total. The third-order valence-corrected chi connectivity index (χ3v) is 3.80. The minimum Gasteiger partial charge on any atom is -0.383 e. The largest absolute Gasteiger partial charge is 0.383 e. The lowest BCUT2D eigenvalue weighted by Crippen LogP contribution is -2.45. The molecule has 4 nitrogen and oxygen atoms in total. The van der Waals surface area contributed by atoms with Crippen molar-refractivity contribution in [2.75, 3.05) is 31.9 Å². The van der Waals surface area contributed by atoms with Crippen molar-refractivity contribution in [3.8, 4) is 0 Å². The summed E-state index contributed by atoms with van der Waals surface area (Å²) < 4.78 is 0. The van der Waals surface area contributed by atoms with E-state index in [4.69, 9.17) is 5.73 Å². The number of hydrogen-bond donors (Lipinski definition) is 2. The number of piperazine rings is 1. The van der Waals surface area contributed by atoms with Crippen LogP contribution in [0.25, 0.3) is 0 Å². The first kappa shape index (κ1) is 16.5. The highest BCUT2D eigenvalue weighted by molar-refractivity contribution is 5.85. The number of nitrogens with two attached hydrogens (primary N) is 1. The van der Waals surface area contributed by atoms with Crippen molar-refractivity contribution in [1.29, 1.82) is 0 Å². The van der Waals surface area contributed by atoms with Crippen LogP contribution in [0.15, 0.2) is 18.3 Å². The summed E-state index contributed by atoms with van der Waals surface area (Å²) in [5, 5.41) is 3.41. The van der Waals surface area contributed by atoms with Gasteiger partial charge in [-0.2, -0.15) is 0 Å². The summed E-state index contributed by atoms with van der Waals surface area (Å²) in [6, 6.07) is 4.64. The fourth-order valence-electron chi connectivity index (χ4n) is 2.80. The molecule has 0 bridgehead atoms. The predicted octanol–water partition coefficient (Wildman–Crippen LogP) is 1.86. The van der Waals surface area contributed by atoms with Crippen LogP contribution in [0.2, 0.25) is 0 Å². The summed E-state index contributed by atoms with van der Waals surface area (Å²) in [5.74, 6) is 1.50. The molecular weight excluding hydrogens is 283 g/mol. The number of hydrogen-bond acceptors (Lipinski definition) is 4. The predicted molar refractivity (Wildman–Crippen MR) is 83.1 cm³/mol. The van der Waals surface area contributed by atoms with Gasteiger partial charge in [-0.1, -0.05) is 6.07 Å². The second-order valence-electron chi connectivity index (χ2n) is 5.05. The number of nitrogens with one attached hydrogen (secondary N) is 1. The van der Waals surface area contributed by atoms with Crippen molar-refractivity contribution in [1.82, 2.24) is 15.2 Å². The zero-order valence-corrected chi connectivity index (χ0v) is 12.6. The van der Waals surface area contributed by atoms with E-state index >= 15 is 0 Å². The second-order valence-corrected chi connectivity index (χ2v) is 5.05. The van der Waals surface area contributed by atoms with Gasteiger partial charge in [0.1, 0.15) is 5.82 Å². The van der Waals surface area contributed by atoms with Crippen LogP contribution in [0.5, 0.6) is 0 Å². The summed E-state index contributed by atoms with van der Waals surface area (Å²) in [4.78, 5) is 6.81. The Balaban J connectivity index is 0.000000902. The molecule has 1 atom stereocenters. The number of halogens is 2. The standard InChI is InChI=1S/C13H20N4.2ClH/c14-13-11(2-1-5-16-13)12(10-3-4-10)17-8-6-15-7-9-17;;/h1-2,5,10,12,15H,3-4,6-9H2,(H2,14,16);2*1H/t12-;;/m1../s1. The average Bonchev–Trinajstić information content (AvgIpc) is 3.18. The molecule has 0 radical (unpaired) electrons. The highest BCUT2D eigenvalue weighted by Crippen LogP contribution is 2.45. The molecule has 1 aromatic heterocycles. The van der Waals surface area contributed by atoms with Crippen LogP contribution in [0.1, 0.15) is 24.4 Å². The molecule has 6 heteroatoms. The Kier molecular flexibility index (Phi) is 6.33. The van der Waals surface area contributed by atoms with Crippen LogP contribution < -0.4 is 11.1 Å². The van der Waals surface area contributed by atoms with Gasteiger partial charge in [0.2, 0.25) is 0 Å². The molecule has 1 aromatic rings. The highest BCUT2D eigenvalue weighted by Gasteiger charge is 2.37. The zero-order chi connectivity index (χ0) is 11.7. The summed E-state index contributed by atoms with van der Waals surface area (Å²) in [6.07, 6.45) is 4.45. The number of nitrogen functional groups attached to an aromatic ring is 1. The number of nitrogens with zero attached hydrogens (tertiary/aromatic N) is 2. The molecule has 0 aromatic carbocycles. The molecule has 2 heterocycles. The molecule has 1 aliphatic heterocycles. The Morgan fingerprint density at radius 1 is 1.26 bits per heavy atom. The topological polar surface area (TPSA) is 54.2 Å². The Hall–Kier alpha value is -0.550. The lowest BCUT2D eigenvalue weighted by molar-refractivity contribution is 0.156. The summed E-state index contributed by atoms with van der Waals surface area (Å²) in [6.45, 7) is 4.41. The molecule has 0 amide bonds. The van der Waals surface area contributed by atoms with Gasteiger partial charge >= 0.3 is 0 Å². The van der Waals surface area contributed by atoms with Gasteiger partial charge in [0.25, 0.3) is 0 Å². The summed E-state index contributed by atoms with van der Waals surface area (Å²) in [5.41, 5.74) is 7.27. The first-order valence-electron chi connectivity index (χ1n) is 6.51. The number of rotatable bonds is 3. The van der Waals surface area contributed by atoms with Crippen molar-refractivity contribution in [2.24, 2.45) is 5.92 Å². The van der Waals surface area contributed by atoms with E-state index in [9.17, 15) is 0 Å². The maximum absolute atomic E-state index is 6.04.